The van der Waals surface area contributed by atoms with Crippen molar-refractivity contribution in [1.82, 2.24) is 0 Å². The number of aromatic hydroxyl groups is 2. The fourth-order valence-electron chi connectivity index (χ4n) is 2.44. The van der Waals surface area contributed by atoms with Crippen molar-refractivity contribution in [2.45, 2.75) is 0 Å². The number of benzene rings is 2. The maximum absolute atomic E-state index is 12.2. The zero-order chi connectivity index (χ0) is 18.7. The van der Waals surface area contributed by atoms with Crippen molar-refractivity contribution in [3.8, 4) is 34.3 Å². The van der Waals surface area contributed by atoms with Gasteiger partial charge in [-0.15, -0.1) is 0 Å². The van der Waals surface area contributed by atoms with E-state index in [0.29, 0.717) is 22.6 Å². The Morgan fingerprint density at radius 1 is 1.00 bits per heavy atom. The number of methoxy groups -OCH3 is 2. The van der Waals surface area contributed by atoms with Gasteiger partial charge in [0.05, 0.1) is 19.8 Å². The standard InChI is InChI=1S/C19H17NO6/c1-24-12-8-9-14(25-2)13(10-12)17-15(21)16(22)19(26-17)20-18(23)11-6-4-3-5-7-11/h3-10,21-22H,1-2H3,(H,20,23). The van der Waals surface area contributed by atoms with Crippen LogP contribution >= 0.6 is 0 Å². The molecule has 7 nitrogen and oxygen atoms in total. The molecule has 0 aliphatic carbocycles. The van der Waals surface area contributed by atoms with Crippen LogP contribution in [0, 0.1) is 0 Å². The first kappa shape index (κ1) is 17.2. The summed E-state index contributed by atoms with van der Waals surface area (Å²) >= 11 is 0. The topological polar surface area (TPSA) is 101 Å². The van der Waals surface area contributed by atoms with Crippen molar-refractivity contribution in [2.75, 3.05) is 19.5 Å². The normalized spacial score (nSPS) is 10.4. The zero-order valence-corrected chi connectivity index (χ0v) is 14.1. The van der Waals surface area contributed by atoms with Crippen molar-refractivity contribution >= 4 is 11.8 Å². The number of hydrogen-bond donors (Lipinski definition) is 3. The van der Waals surface area contributed by atoms with E-state index in [-0.39, 0.29) is 11.6 Å². The molecule has 26 heavy (non-hydrogen) atoms. The number of amides is 1. The average molecular weight is 355 g/mol. The van der Waals surface area contributed by atoms with Gasteiger partial charge in [-0.2, -0.15) is 0 Å². The largest absolute Gasteiger partial charge is 0.502 e. The number of carbonyl (C=O) groups excluding carboxylic acids is 1. The Hall–Kier alpha value is -3.61. The molecule has 0 unspecified atom stereocenters. The summed E-state index contributed by atoms with van der Waals surface area (Å²) in [4.78, 5) is 12.2. The van der Waals surface area contributed by atoms with Crippen LogP contribution < -0.4 is 14.8 Å². The maximum atomic E-state index is 12.2. The van der Waals surface area contributed by atoms with Crippen molar-refractivity contribution in [1.29, 1.82) is 0 Å². The second kappa shape index (κ2) is 7.10. The van der Waals surface area contributed by atoms with Crippen LogP contribution in [-0.4, -0.2) is 30.3 Å². The van der Waals surface area contributed by atoms with Crippen LogP contribution in [0.25, 0.3) is 11.3 Å². The van der Waals surface area contributed by atoms with Crippen molar-refractivity contribution in [2.24, 2.45) is 0 Å². The molecular formula is C19H17NO6. The molecule has 7 heteroatoms. The molecule has 0 saturated heterocycles. The Balaban J connectivity index is 1.99. The lowest BCUT2D eigenvalue weighted by Gasteiger charge is -2.08. The molecule has 3 rings (SSSR count). The molecule has 0 aliphatic heterocycles. The second-order valence-electron chi connectivity index (χ2n) is 5.34. The molecule has 0 fully saturated rings. The highest BCUT2D eigenvalue weighted by Gasteiger charge is 2.25. The lowest BCUT2D eigenvalue weighted by atomic mass is 10.1. The molecule has 0 bridgehead atoms. The third-order valence-electron chi connectivity index (χ3n) is 3.77. The van der Waals surface area contributed by atoms with E-state index in [9.17, 15) is 15.0 Å². The summed E-state index contributed by atoms with van der Waals surface area (Å²) in [5.74, 6) is -0.993. The third-order valence-corrected chi connectivity index (χ3v) is 3.77. The minimum absolute atomic E-state index is 0.0541. The lowest BCUT2D eigenvalue weighted by molar-refractivity contribution is 0.102. The first-order valence-electron chi connectivity index (χ1n) is 7.68. The molecule has 1 aromatic heterocycles. The van der Waals surface area contributed by atoms with E-state index in [4.69, 9.17) is 13.9 Å². The second-order valence-corrected chi connectivity index (χ2v) is 5.34. The zero-order valence-electron chi connectivity index (χ0n) is 14.1. The van der Waals surface area contributed by atoms with E-state index in [0.717, 1.165) is 0 Å². The average Bonchev–Trinajstić information content (AvgIpc) is 2.96. The predicted octanol–water partition coefficient (Wildman–Crippen LogP) is 3.63. The monoisotopic (exact) mass is 355 g/mol. The fourth-order valence-corrected chi connectivity index (χ4v) is 2.44. The summed E-state index contributed by atoms with van der Waals surface area (Å²) in [5, 5.41) is 22.8. The van der Waals surface area contributed by atoms with Crippen LogP contribution in [0.1, 0.15) is 10.4 Å². The van der Waals surface area contributed by atoms with E-state index in [1.807, 2.05) is 0 Å². The van der Waals surface area contributed by atoms with Crippen LogP contribution in [0.4, 0.5) is 5.88 Å². The van der Waals surface area contributed by atoms with Gasteiger partial charge in [-0.05, 0) is 30.3 Å². The smallest absolute Gasteiger partial charge is 0.258 e. The van der Waals surface area contributed by atoms with E-state index < -0.39 is 17.4 Å². The number of rotatable bonds is 5. The first-order chi connectivity index (χ1) is 12.5. The van der Waals surface area contributed by atoms with E-state index in [2.05, 4.69) is 5.32 Å². The van der Waals surface area contributed by atoms with Gasteiger partial charge >= 0.3 is 0 Å². The van der Waals surface area contributed by atoms with Gasteiger partial charge in [0.2, 0.25) is 17.4 Å². The van der Waals surface area contributed by atoms with E-state index in [1.54, 1.807) is 48.5 Å². The van der Waals surface area contributed by atoms with E-state index in [1.165, 1.54) is 14.2 Å². The van der Waals surface area contributed by atoms with Gasteiger partial charge in [-0.1, -0.05) is 18.2 Å². The van der Waals surface area contributed by atoms with Crippen molar-refractivity contribution < 1.29 is 28.9 Å². The summed E-state index contributed by atoms with van der Waals surface area (Å²) in [6.07, 6.45) is 0. The quantitative estimate of drug-likeness (QED) is 0.646. The van der Waals surface area contributed by atoms with Gasteiger partial charge in [0, 0.05) is 5.56 Å². The van der Waals surface area contributed by atoms with Gasteiger partial charge in [-0.25, -0.2) is 0 Å². The number of nitrogens with one attached hydrogen (secondary N) is 1. The molecule has 0 atom stereocenters. The molecule has 0 saturated carbocycles. The predicted molar refractivity (Wildman–Crippen MR) is 95.0 cm³/mol. The molecule has 0 radical (unpaired) electrons. The van der Waals surface area contributed by atoms with Gasteiger partial charge in [0.15, 0.2) is 5.76 Å². The summed E-state index contributed by atoms with van der Waals surface area (Å²) in [5.41, 5.74) is 0.739. The van der Waals surface area contributed by atoms with Crippen LogP contribution in [0.3, 0.4) is 0 Å². The molecular weight excluding hydrogens is 338 g/mol. The highest BCUT2D eigenvalue weighted by molar-refractivity contribution is 6.04. The molecule has 2 aromatic carbocycles. The molecule has 1 amide bonds. The molecule has 0 spiro atoms. The van der Waals surface area contributed by atoms with Gasteiger partial charge < -0.3 is 24.1 Å². The minimum atomic E-state index is -0.575. The number of anilines is 1. The molecule has 0 aliphatic rings. The Morgan fingerprint density at radius 2 is 1.73 bits per heavy atom. The Labute approximate surface area is 149 Å². The van der Waals surface area contributed by atoms with Gasteiger partial charge in [0.25, 0.3) is 5.91 Å². The lowest BCUT2D eigenvalue weighted by Crippen LogP contribution is -2.11. The first-order valence-corrected chi connectivity index (χ1v) is 7.68. The number of furan rings is 1. The molecule has 3 N–H and O–H groups in total. The van der Waals surface area contributed by atoms with E-state index >= 15 is 0 Å². The number of ether oxygens (including phenoxy) is 2. The number of hydrogen-bond acceptors (Lipinski definition) is 6. The summed E-state index contributed by atoms with van der Waals surface area (Å²) in [6, 6.07) is 13.3. The summed E-state index contributed by atoms with van der Waals surface area (Å²) in [7, 11) is 2.96. The van der Waals surface area contributed by atoms with Crippen molar-refractivity contribution in [3.05, 3.63) is 54.1 Å². The maximum Gasteiger partial charge on any atom is 0.258 e. The van der Waals surface area contributed by atoms with Gasteiger partial charge in [-0.3, -0.25) is 10.1 Å². The highest BCUT2D eigenvalue weighted by atomic mass is 16.5. The number of carbonyl (C=O) groups is 1. The Morgan fingerprint density at radius 3 is 2.38 bits per heavy atom. The van der Waals surface area contributed by atoms with Crippen LogP contribution in [0.2, 0.25) is 0 Å². The van der Waals surface area contributed by atoms with Crippen LogP contribution in [0.5, 0.6) is 23.0 Å². The molecule has 1 heterocycles. The molecule has 3 aromatic rings. The minimum Gasteiger partial charge on any atom is -0.502 e. The van der Waals surface area contributed by atoms with Gasteiger partial charge in [0.1, 0.15) is 11.5 Å². The fraction of sp³-hybridized carbons (Fsp3) is 0.105. The molecule has 134 valence electrons. The van der Waals surface area contributed by atoms with Crippen LogP contribution in [0.15, 0.2) is 52.9 Å². The van der Waals surface area contributed by atoms with Crippen molar-refractivity contribution in [3.63, 3.8) is 0 Å². The summed E-state index contributed by atoms with van der Waals surface area (Å²) in [6.45, 7) is 0. The van der Waals surface area contributed by atoms with Crippen LogP contribution in [-0.2, 0) is 0 Å². The SMILES string of the molecule is COc1ccc(OC)c(-c2oc(NC(=O)c3ccccc3)c(O)c2O)c1. The Kier molecular flexibility index (Phi) is 4.70. The highest BCUT2D eigenvalue weighted by Crippen LogP contribution is 2.48. The third kappa shape index (κ3) is 3.14. The summed E-state index contributed by atoms with van der Waals surface area (Å²) < 4.78 is 15.9. The Bertz CT molecular complexity index is 933.